The van der Waals surface area contributed by atoms with E-state index < -0.39 is 33.9 Å². The SMILES string of the molecule is Cc1cccc(NS(=O)(=O)c2ccc(C(=O)O[C@@H](C)C(=O)Nc3ccc(C(N)=O)cc3)cc2)c1C. The van der Waals surface area contributed by atoms with Crippen molar-refractivity contribution in [2.24, 2.45) is 5.73 Å². The van der Waals surface area contributed by atoms with Crippen LogP contribution in [0.4, 0.5) is 11.4 Å². The molecule has 0 radical (unpaired) electrons. The summed E-state index contributed by atoms with van der Waals surface area (Å²) in [7, 11) is -3.87. The second-order valence-electron chi connectivity index (χ2n) is 7.86. The maximum atomic E-state index is 12.7. The molecule has 0 aliphatic heterocycles. The average molecular weight is 496 g/mol. The molecule has 0 aliphatic carbocycles. The summed E-state index contributed by atoms with van der Waals surface area (Å²) in [6.45, 7) is 5.10. The molecule has 0 spiro atoms. The summed E-state index contributed by atoms with van der Waals surface area (Å²) in [5.41, 5.74) is 8.18. The minimum absolute atomic E-state index is 0.0276. The lowest BCUT2D eigenvalue weighted by atomic mass is 10.1. The van der Waals surface area contributed by atoms with E-state index in [-0.39, 0.29) is 16.0 Å². The van der Waals surface area contributed by atoms with Crippen LogP contribution in [-0.2, 0) is 19.6 Å². The van der Waals surface area contributed by atoms with Gasteiger partial charge in [-0.1, -0.05) is 12.1 Å². The maximum Gasteiger partial charge on any atom is 0.338 e. The summed E-state index contributed by atoms with van der Waals surface area (Å²) in [6.07, 6.45) is -1.13. The van der Waals surface area contributed by atoms with Gasteiger partial charge in [-0.25, -0.2) is 13.2 Å². The van der Waals surface area contributed by atoms with Gasteiger partial charge in [-0.3, -0.25) is 14.3 Å². The summed E-state index contributed by atoms with van der Waals surface area (Å²) in [6, 6.07) is 16.4. The van der Waals surface area contributed by atoms with E-state index in [1.807, 2.05) is 19.9 Å². The number of anilines is 2. The summed E-state index contributed by atoms with van der Waals surface area (Å²) < 4.78 is 33.2. The van der Waals surface area contributed by atoms with E-state index >= 15 is 0 Å². The van der Waals surface area contributed by atoms with Gasteiger partial charge in [0.25, 0.3) is 15.9 Å². The summed E-state index contributed by atoms with van der Waals surface area (Å²) >= 11 is 0. The summed E-state index contributed by atoms with van der Waals surface area (Å²) in [5.74, 6) is -1.96. The first-order valence-corrected chi connectivity index (χ1v) is 12.1. The van der Waals surface area contributed by atoms with Crippen molar-refractivity contribution in [2.45, 2.75) is 31.8 Å². The molecule has 9 nitrogen and oxygen atoms in total. The second-order valence-corrected chi connectivity index (χ2v) is 9.54. The van der Waals surface area contributed by atoms with Gasteiger partial charge in [-0.05, 0) is 86.5 Å². The number of nitrogens with one attached hydrogen (secondary N) is 2. The number of nitrogens with two attached hydrogens (primary N) is 1. The Morgan fingerprint density at radius 2 is 1.49 bits per heavy atom. The molecule has 0 aromatic heterocycles. The molecule has 1 atom stereocenters. The van der Waals surface area contributed by atoms with Crippen LogP contribution in [-0.4, -0.2) is 32.3 Å². The number of rotatable bonds is 8. The number of primary amides is 1. The third-order valence-electron chi connectivity index (χ3n) is 5.34. The number of hydrogen-bond acceptors (Lipinski definition) is 6. The van der Waals surface area contributed by atoms with Crippen LogP contribution >= 0.6 is 0 Å². The van der Waals surface area contributed by atoms with Crippen LogP contribution < -0.4 is 15.8 Å². The molecule has 0 aliphatic rings. The van der Waals surface area contributed by atoms with E-state index in [2.05, 4.69) is 10.0 Å². The molecule has 182 valence electrons. The quantitative estimate of drug-likeness (QED) is 0.409. The minimum Gasteiger partial charge on any atom is -0.449 e. The molecule has 2 amide bonds. The number of carbonyl (C=O) groups excluding carboxylic acids is 3. The molecule has 35 heavy (non-hydrogen) atoms. The van der Waals surface area contributed by atoms with Gasteiger partial charge >= 0.3 is 5.97 Å². The lowest BCUT2D eigenvalue weighted by molar-refractivity contribution is -0.123. The van der Waals surface area contributed by atoms with Gasteiger partial charge in [0.2, 0.25) is 5.91 Å². The number of benzene rings is 3. The number of sulfonamides is 1. The fourth-order valence-electron chi connectivity index (χ4n) is 3.08. The van der Waals surface area contributed by atoms with Crippen molar-refractivity contribution in [2.75, 3.05) is 10.0 Å². The van der Waals surface area contributed by atoms with Crippen LogP contribution in [0.3, 0.4) is 0 Å². The van der Waals surface area contributed by atoms with E-state index in [1.165, 1.54) is 55.5 Å². The van der Waals surface area contributed by atoms with Crippen LogP contribution in [0.1, 0.15) is 38.8 Å². The standard InChI is InChI=1S/C25H25N3O6S/c1-15-5-4-6-22(16(15)2)28-35(32,33)21-13-9-19(10-14-21)25(31)34-17(3)24(30)27-20-11-7-18(8-12-20)23(26)29/h4-14,17,28H,1-3H3,(H2,26,29)(H,27,30)/t17-/m0/s1. The van der Waals surface area contributed by atoms with Crippen molar-refractivity contribution >= 4 is 39.2 Å². The van der Waals surface area contributed by atoms with E-state index in [1.54, 1.807) is 12.1 Å². The molecular weight excluding hydrogens is 470 g/mol. The number of hydrogen-bond donors (Lipinski definition) is 3. The van der Waals surface area contributed by atoms with Crippen molar-refractivity contribution in [1.82, 2.24) is 0 Å². The first-order chi connectivity index (χ1) is 16.5. The molecule has 0 bridgehead atoms. The number of aryl methyl sites for hydroxylation is 1. The van der Waals surface area contributed by atoms with Crippen molar-refractivity contribution < 1.29 is 27.5 Å². The summed E-state index contributed by atoms with van der Waals surface area (Å²) in [5, 5.41) is 2.57. The lowest BCUT2D eigenvalue weighted by Gasteiger charge is -2.14. The normalized spacial score (nSPS) is 11.9. The Hall–Kier alpha value is -4.18. The first-order valence-electron chi connectivity index (χ1n) is 10.6. The van der Waals surface area contributed by atoms with Gasteiger partial charge in [0.1, 0.15) is 0 Å². The summed E-state index contributed by atoms with van der Waals surface area (Å²) in [4.78, 5) is 35.9. The van der Waals surface area contributed by atoms with Crippen molar-refractivity contribution in [3.05, 3.63) is 89.0 Å². The van der Waals surface area contributed by atoms with E-state index in [9.17, 15) is 22.8 Å². The molecule has 3 aromatic carbocycles. The highest BCUT2D eigenvalue weighted by Gasteiger charge is 2.21. The van der Waals surface area contributed by atoms with Crippen LogP contribution in [0.5, 0.6) is 0 Å². The second kappa shape index (κ2) is 10.4. The van der Waals surface area contributed by atoms with E-state index in [0.717, 1.165) is 11.1 Å². The zero-order valence-corrected chi connectivity index (χ0v) is 20.2. The molecule has 0 saturated heterocycles. The highest BCUT2D eigenvalue weighted by Crippen LogP contribution is 2.22. The van der Waals surface area contributed by atoms with Crippen LogP contribution in [0.15, 0.2) is 71.6 Å². The predicted octanol–water partition coefficient (Wildman–Crippen LogP) is 3.39. The van der Waals surface area contributed by atoms with Crippen LogP contribution in [0.25, 0.3) is 0 Å². The van der Waals surface area contributed by atoms with E-state index in [4.69, 9.17) is 10.5 Å². The third-order valence-corrected chi connectivity index (χ3v) is 6.72. The Labute approximate surface area is 203 Å². The third kappa shape index (κ3) is 6.24. The van der Waals surface area contributed by atoms with Gasteiger partial charge < -0.3 is 15.8 Å². The van der Waals surface area contributed by atoms with Gasteiger partial charge in [-0.15, -0.1) is 0 Å². The Morgan fingerprint density at radius 3 is 2.09 bits per heavy atom. The Kier molecular flexibility index (Phi) is 7.55. The maximum absolute atomic E-state index is 12.7. The highest BCUT2D eigenvalue weighted by molar-refractivity contribution is 7.92. The zero-order chi connectivity index (χ0) is 25.8. The van der Waals surface area contributed by atoms with Gasteiger partial charge in [0, 0.05) is 11.3 Å². The molecule has 10 heteroatoms. The Morgan fingerprint density at radius 1 is 0.886 bits per heavy atom. The van der Waals surface area contributed by atoms with Gasteiger partial charge in [0.15, 0.2) is 6.10 Å². The first kappa shape index (κ1) is 25.4. The van der Waals surface area contributed by atoms with Crippen LogP contribution in [0, 0.1) is 13.8 Å². The predicted molar refractivity (Wildman–Crippen MR) is 132 cm³/mol. The number of amides is 2. The molecule has 3 rings (SSSR count). The van der Waals surface area contributed by atoms with Crippen molar-refractivity contribution in [1.29, 1.82) is 0 Å². The monoisotopic (exact) mass is 495 g/mol. The molecule has 0 unspecified atom stereocenters. The molecule has 4 N–H and O–H groups in total. The van der Waals surface area contributed by atoms with Crippen molar-refractivity contribution in [3.63, 3.8) is 0 Å². The fourth-order valence-corrected chi connectivity index (χ4v) is 4.20. The van der Waals surface area contributed by atoms with Gasteiger partial charge in [-0.2, -0.15) is 0 Å². The highest BCUT2D eigenvalue weighted by atomic mass is 32.2. The lowest BCUT2D eigenvalue weighted by Crippen LogP contribution is -2.30. The largest absolute Gasteiger partial charge is 0.449 e. The zero-order valence-electron chi connectivity index (χ0n) is 19.4. The smallest absolute Gasteiger partial charge is 0.338 e. The molecule has 0 heterocycles. The molecule has 0 saturated carbocycles. The fraction of sp³-hybridized carbons (Fsp3) is 0.160. The Balaban J connectivity index is 1.63. The minimum atomic E-state index is -3.87. The van der Waals surface area contributed by atoms with Crippen LogP contribution in [0.2, 0.25) is 0 Å². The van der Waals surface area contributed by atoms with E-state index in [0.29, 0.717) is 11.4 Å². The Bertz CT molecular complexity index is 1370. The average Bonchev–Trinajstić information content (AvgIpc) is 2.82. The number of esters is 1. The van der Waals surface area contributed by atoms with Gasteiger partial charge in [0.05, 0.1) is 16.1 Å². The topological polar surface area (TPSA) is 145 Å². The molecule has 0 fully saturated rings. The number of ether oxygens (including phenoxy) is 1. The molecular formula is C25H25N3O6S. The number of carbonyl (C=O) groups is 3. The van der Waals surface area contributed by atoms with Crippen molar-refractivity contribution in [3.8, 4) is 0 Å². The molecule has 3 aromatic rings.